The molecule has 3 fully saturated rings. The molecule has 6 nitrogen and oxygen atoms in total. The summed E-state index contributed by atoms with van der Waals surface area (Å²) in [5.41, 5.74) is -2.35. The third-order valence-electron chi connectivity index (χ3n) is 6.75. The van der Waals surface area contributed by atoms with E-state index >= 15 is 0 Å². The maximum Gasteiger partial charge on any atom is 0.333 e. The van der Waals surface area contributed by atoms with Gasteiger partial charge >= 0.3 is 5.97 Å². The quantitative estimate of drug-likeness (QED) is 0.580. The number of hydrogen-bond donors (Lipinski definition) is 2. The number of methoxy groups -OCH3 is 1. The minimum absolute atomic E-state index is 0.101. The molecule has 1 saturated carbocycles. The normalized spacial score (nSPS) is 47.6. The van der Waals surface area contributed by atoms with Gasteiger partial charge < -0.3 is 24.4 Å². The summed E-state index contributed by atoms with van der Waals surface area (Å²) in [4.78, 5) is 11.9. The first-order valence-corrected chi connectivity index (χ1v) is 9.31. The van der Waals surface area contributed by atoms with Crippen LogP contribution in [-0.4, -0.2) is 52.3 Å². The maximum absolute atomic E-state index is 11.9. The molecule has 1 aliphatic carbocycles. The van der Waals surface area contributed by atoms with Crippen molar-refractivity contribution in [2.24, 2.45) is 11.8 Å². The number of carbonyl (C=O) groups is 1. The topological polar surface area (TPSA) is 85.2 Å². The Morgan fingerprint density at radius 1 is 1.36 bits per heavy atom. The predicted octanol–water partition coefficient (Wildman–Crippen LogP) is 1.93. The minimum atomic E-state index is -0.948. The van der Waals surface area contributed by atoms with E-state index < -0.39 is 35.0 Å². The number of rotatable bonds is 5. The number of aliphatic hydroxyl groups excluding tert-OH is 1. The zero-order valence-corrected chi connectivity index (χ0v) is 15.7. The first kappa shape index (κ1) is 18.7. The van der Waals surface area contributed by atoms with E-state index in [1.165, 1.54) is 13.2 Å². The van der Waals surface area contributed by atoms with Gasteiger partial charge in [0.2, 0.25) is 0 Å². The standard InChI is InChI=1S/C19H30O6/c1-6-17(22)10-18(7-2)16-14(17)15(11(4)20)25-19(16,8-3)12(24-18)9-13(21)23-5/h9,11,14-16,20,22H,6-8,10H2,1-5H3/t11-,14+,15-,16-,17-,18+,19+/m0/s1. The lowest BCUT2D eigenvalue weighted by atomic mass is 9.71. The van der Waals surface area contributed by atoms with Gasteiger partial charge in [-0.15, -0.1) is 0 Å². The Hall–Kier alpha value is -1.11. The minimum Gasteiger partial charge on any atom is -0.488 e. The van der Waals surface area contributed by atoms with Gasteiger partial charge in [0.05, 0.1) is 31.0 Å². The summed E-state index contributed by atoms with van der Waals surface area (Å²) in [6, 6.07) is 0. The summed E-state index contributed by atoms with van der Waals surface area (Å²) in [5, 5.41) is 21.7. The Morgan fingerprint density at radius 3 is 2.52 bits per heavy atom. The number of esters is 1. The number of hydrogen-bond acceptors (Lipinski definition) is 6. The van der Waals surface area contributed by atoms with Crippen molar-refractivity contribution in [3.05, 3.63) is 11.8 Å². The molecule has 0 spiro atoms. The summed E-state index contributed by atoms with van der Waals surface area (Å²) in [5.74, 6) is -0.350. The molecule has 0 unspecified atom stereocenters. The highest BCUT2D eigenvalue weighted by Crippen LogP contribution is 2.69. The smallest absolute Gasteiger partial charge is 0.333 e. The molecule has 25 heavy (non-hydrogen) atoms. The summed E-state index contributed by atoms with van der Waals surface area (Å²) in [6.07, 6.45) is 2.51. The van der Waals surface area contributed by atoms with Crippen molar-refractivity contribution in [1.29, 1.82) is 0 Å². The van der Waals surface area contributed by atoms with Gasteiger partial charge in [-0.25, -0.2) is 4.79 Å². The zero-order valence-electron chi connectivity index (χ0n) is 15.7. The Labute approximate surface area is 149 Å². The molecule has 0 aromatic rings. The molecular weight excluding hydrogens is 324 g/mol. The average molecular weight is 354 g/mol. The molecule has 3 rings (SSSR count). The molecule has 142 valence electrons. The molecule has 6 heteroatoms. The number of aliphatic hydroxyl groups is 2. The van der Waals surface area contributed by atoms with Gasteiger partial charge in [-0.05, 0) is 26.2 Å². The van der Waals surface area contributed by atoms with Gasteiger partial charge in [-0.2, -0.15) is 0 Å². The van der Waals surface area contributed by atoms with E-state index in [1.807, 2.05) is 20.8 Å². The number of carbonyl (C=O) groups excluding carboxylic acids is 1. The van der Waals surface area contributed by atoms with E-state index in [4.69, 9.17) is 14.2 Å². The molecule has 2 heterocycles. The summed E-state index contributed by atoms with van der Waals surface area (Å²) >= 11 is 0. The zero-order chi connectivity index (χ0) is 18.6. The molecule has 0 bridgehead atoms. The van der Waals surface area contributed by atoms with Crippen LogP contribution in [0.25, 0.3) is 0 Å². The van der Waals surface area contributed by atoms with Crippen LogP contribution in [0, 0.1) is 11.8 Å². The third kappa shape index (κ3) is 2.30. The summed E-state index contributed by atoms with van der Waals surface area (Å²) in [7, 11) is 1.33. The van der Waals surface area contributed by atoms with E-state index in [1.54, 1.807) is 6.92 Å². The van der Waals surface area contributed by atoms with Gasteiger partial charge in [0.25, 0.3) is 0 Å². The Kier molecular flexibility index (Phi) is 4.45. The van der Waals surface area contributed by atoms with Crippen LogP contribution in [0.1, 0.15) is 53.4 Å². The van der Waals surface area contributed by atoms with Crippen LogP contribution in [-0.2, 0) is 19.0 Å². The second-order valence-corrected chi connectivity index (χ2v) is 7.76. The van der Waals surface area contributed by atoms with Crippen LogP contribution in [0.3, 0.4) is 0 Å². The predicted molar refractivity (Wildman–Crippen MR) is 90.6 cm³/mol. The first-order valence-electron chi connectivity index (χ1n) is 9.31. The van der Waals surface area contributed by atoms with Crippen molar-refractivity contribution >= 4 is 5.97 Å². The fourth-order valence-corrected chi connectivity index (χ4v) is 5.57. The first-order chi connectivity index (χ1) is 11.7. The van der Waals surface area contributed by atoms with Gasteiger partial charge in [0, 0.05) is 18.3 Å². The third-order valence-corrected chi connectivity index (χ3v) is 6.75. The monoisotopic (exact) mass is 354 g/mol. The molecule has 0 amide bonds. The lowest BCUT2D eigenvalue weighted by molar-refractivity contribution is -0.135. The highest BCUT2D eigenvalue weighted by Gasteiger charge is 2.78. The molecule has 0 radical (unpaired) electrons. The van der Waals surface area contributed by atoms with Crippen molar-refractivity contribution < 1.29 is 29.2 Å². The SMILES string of the molecule is CC[C@]1(O)C[C@@]2(CC)OC(=CC(=O)OC)[C@@]3(CC)O[C@@H]([C@H](C)O)[C@@H]1[C@@H]23. The molecule has 0 aromatic carbocycles. The fraction of sp³-hybridized carbons (Fsp3) is 0.842. The highest BCUT2D eigenvalue weighted by atomic mass is 16.6. The molecule has 3 aliphatic rings. The van der Waals surface area contributed by atoms with Crippen LogP contribution < -0.4 is 0 Å². The second-order valence-electron chi connectivity index (χ2n) is 7.76. The van der Waals surface area contributed by atoms with E-state index in [9.17, 15) is 15.0 Å². The van der Waals surface area contributed by atoms with Crippen LogP contribution in [0.5, 0.6) is 0 Å². The van der Waals surface area contributed by atoms with Gasteiger partial charge in [-0.1, -0.05) is 20.8 Å². The highest BCUT2D eigenvalue weighted by molar-refractivity contribution is 5.83. The van der Waals surface area contributed by atoms with E-state index in [-0.39, 0.29) is 11.8 Å². The number of ether oxygens (including phenoxy) is 3. The van der Waals surface area contributed by atoms with Gasteiger partial charge in [-0.3, -0.25) is 0 Å². The average Bonchev–Trinajstić information content (AvgIpc) is 3.17. The van der Waals surface area contributed by atoms with E-state index in [0.29, 0.717) is 31.4 Å². The molecule has 2 saturated heterocycles. The summed E-state index contributed by atoms with van der Waals surface area (Å²) < 4.78 is 17.5. The van der Waals surface area contributed by atoms with Crippen molar-refractivity contribution in [1.82, 2.24) is 0 Å². The Morgan fingerprint density at radius 2 is 2.04 bits per heavy atom. The van der Waals surface area contributed by atoms with Crippen LogP contribution in [0.15, 0.2) is 11.8 Å². The molecule has 7 atom stereocenters. The van der Waals surface area contributed by atoms with Gasteiger partial charge in [0.1, 0.15) is 17.0 Å². The van der Waals surface area contributed by atoms with Crippen molar-refractivity contribution in [2.45, 2.75) is 82.4 Å². The molecule has 2 aliphatic heterocycles. The second kappa shape index (κ2) is 5.96. The Balaban J connectivity index is 2.17. The largest absolute Gasteiger partial charge is 0.488 e. The summed E-state index contributed by atoms with van der Waals surface area (Å²) in [6.45, 7) is 7.68. The van der Waals surface area contributed by atoms with Gasteiger partial charge in [0.15, 0.2) is 0 Å². The lowest BCUT2D eigenvalue weighted by Crippen LogP contribution is -2.43. The van der Waals surface area contributed by atoms with E-state index in [2.05, 4.69) is 0 Å². The molecule has 2 N–H and O–H groups in total. The lowest BCUT2D eigenvalue weighted by Gasteiger charge is -2.32. The van der Waals surface area contributed by atoms with E-state index in [0.717, 1.165) is 0 Å². The van der Waals surface area contributed by atoms with Crippen molar-refractivity contribution in [2.75, 3.05) is 7.11 Å². The fourth-order valence-electron chi connectivity index (χ4n) is 5.57. The van der Waals surface area contributed by atoms with Crippen molar-refractivity contribution in [3.8, 4) is 0 Å². The Bertz CT molecular complexity index is 586. The van der Waals surface area contributed by atoms with Crippen LogP contribution >= 0.6 is 0 Å². The van der Waals surface area contributed by atoms with Crippen LogP contribution in [0.4, 0.5) is 0 Å². The van der Waals surface area contributed by atoms with Crippen molar-refractivity contribution in [3.63, 3.8) is 0 Å². The molecular formula is C19H30O6. The van der Waals surface area contributed by atoms with Crippen LogP contribution in [0.2, 0.25) is 0 Å². The molecule has 0 aromatic heterocycles. The maximum atomic E-state index is 11.9.